The van der Waals surface area contributed by atoms with Crippen molar-refractivity contribution in [3.05, 3.63) is 17.7 Å². The van der Waals surface area contributed by atoms with Crippen LogP contribution in [0.25, 0.3) is 0 Å². The van der Waals surface area contributed by atoms with Crippen molar-refractivity contribution in [2.45, 2.75) is 24.5 Å². The summed E-state index contributed by atoms with van der Waals surface area (Å²) in [5, 5.41) is 29.3. The van der Waals surface area contributed by atoms with Gasteiger partial charge in [-0.2, -0.15) is 0 Å². The van der Waals surface area contributed by atoms with Crippen molar-refractivity contribution >= 4 is 17.4 Å². The van der Waals surface area contributed by atoms with Crippen molar-refractivity contribution in [2.75, 3.05) is 25.7 Å². The SMILES string of the molecule is COc1ccc2c(c1OC)N([C@@H]1O[C@H](CO)[C@@H](O)[C@H]1O)C(=O)C2=O. The lowest BCUT2D eigenvalue weighted by atomic mass is 10.1. The summed E-state index contributed by atoms with van der Waals surface area (Å²) in [6.45, 7) is -0.549. The van der Waals surface area contributed by atoms with Crippen LogP contribution in [0.1, 0.15) is 10.4 Å². The van der Waals surface area contributed by atoms with Gasteiger partial charge in [0.1, 0.15) is 24.0 Å². The molecule has 2 heterocycles. The predicted molar refractivity (Wildman–Crippen MR) is 79.1 cm³/mol. The minimum atomic E-state index is -1.50. The first-order valence-electron chi connectivity index (χ1n) is 7.21. The number of hydrogen-bond acceptors (Lipinski definition) is 8. The zero-order valence-electron chi connectivity index (χ0n) is 13.0. The van der Waals surface area contributed by atoms with Gasteiger partial charge in [0, 0.05) is 0 Å². The number of aliphatic hydroxyl groups is 3. The van der Waals surface area contributed by atoms with E-state index in [0.29, 0.717) is 0 Å². The molecule has 0 aliphatic carbocycles. The number of carbonyl (C=O) groups is 2. The highest BCUT2D eigenvalue weighted by molar-refractivity contribution is 6.52. The number of benzene rings is 1. The highest BCUT2D eigenvalue weighted by Gasteiger charge is 2.52. The second-order valence-corrected chi connectivity index (χ2v) is 5.43. The summed E-state index contributed by atoms with van der Waals surface area (Å²) in [6, 6.07) is 2.90. The summed E-state index contributed by atoms with van der Waals surface area (Å²) in [5.74, 6) is -1.29. The van der Waals surface area contributed by atoms with Gasteiger partial charge >= 0.3 is 5.91 Å². The number of aliphatic hydroxyl groups excluding tert-OH is 3. The van der Waals surface area contributed by atoms with Crippen molar-refractivity contribution in [3.8, 4) is 11.5 Å². The molecule has 0 saturated carbocycles. The Labute approximate surface area is 137 Å². The van der Waals surface area contributed by atoms with Crippen LogP contribution < -0.4 is 14.4 Å². The quantitative estimate of drug-likeness (QED) is 0.576. The van der Waals surface area contributed by atoms with Gasteiger partial charge in [0.2, 0.25) is 0 Å². The third kappa shape index (κ3) is 2.17. The van der Waals surface area contributed by atoms with E-state index < -0.39 is 42.8 Å². The van der Waals surface area contributed by atoms with Gasteiger partial charge in [0.25, 0.3) is 5.78 Å². The maximum Gasteiger partial charge on any atom is 0.301 e. The van der Waals surface area contributed by atoms with E-state index in [1.165, 1.54) is 26.4 Å². The van der Waals surface area contributed by atoms with Gasteiger partial charge in [-0.3, -0.25) is 14.5 Å². The molecular weight excluding hydrogens is 322 g/mol. The van der Waals surface area contributed by atoms with Crippen LogP contribution in [0.5, 0.6) is 11.5 Å². The molecule has 0 radical (unpaired) electrons. The lowest BCUT2D eigenvalue weighted by molar-refractivity contribution is -0.118. The minimum absolute atomic E-state index is 0.0791. The fourth-order valence-corrected chi connectivity index (χ4v) is 3.00. The first-order chi connectivity index (χ1) is 11.5. The summed E-state index contributed by atoms with van der Waals surface area (Å²) >= 11 is 0. The summed E-state index contributed by atoms with van der Waals surface area (Å²) in [5.41, 5.74) is 0.178. The lowest BCUT2D eigenvalue weighted by Crippen LogP contribution is -2.47. The summed E-state index contributed by atoms with van der Waals surface area (Å²) in [6.07, 6.45) is -5.31. The normalized spacial score (nSPS) is 29.1. The molecule has 1 aromatic rings. The fourth-order valence-electron chi connectivity index (χ4n) is 3.00. The molecule has 3 N–H and O–H groups in total. The van der Waals surface area contributed by atoms with E-state index in [9.17, 15) is 24.9 Å². The van der Waals surface area contributed by atoms with Crippen LogP contribution in [0, 0.1) is 0 Å². The van der Waals surface area contributed by atoms with Crippen LogP contribution in [0.15, 0.2) is 12.1 Å². The number of rotatable bonds is 4. The van der Waals surface area contributed by atoms with Crippen molar-refractivity contribution in [1.82, 2.24) is 0 Å². The monoisotopic (exact) mass is 339 g/mol. The molecule has 1 aromatic carbocycles. The number of anilines is 1. The maximum absolute atomic E-state index is 12.4. The molecule has 1 saturated heterocycles. The van der Waals surface area contributed by atoms with Crippen LogP contribution in [0.4, 0.5) is 5.69 Å². The summed E-state index contributed by atoms with van der Waals surface area (Å²) in [7, 11) is 2.75. The molecule has 4 atom stereocenters. The van der Waals surface area contributed by atoms with E-state index in [0.717, 1.165) is 4.90 Å². The summed E-state index contributed by atoms with van der Waals surface area (Å²) in [4.78, 5) is 25.6. The number of nitrogens with zero attached hydrogens (tertiary/aromatic N) is 1. The average Bonchev–Trinajstić information content (AvgIpc) is 3.01. The number of carbonyl (C=O) groups excluding carboxylic acids is 2. The van der Waals surface area contributed by atoms with Crippen LogP contribution >= 0.6 is 0 Å². The Bertz CT molecular complexity index is 690. The smallest absolute Gasteiger partial charge is 0.301 e. The second kappa shape index (κ2) is 6.02. The topological polar surface area (TPSA) is 126 Å². The molecule has 24 heavy (non-hydrogen) atoms. The molecule has 2 aliphatic heterocycles. The number of methoxy groups -OCH3 is 2. The van der Waals surface area contributed by atoms with Gasteiger partial charge in [-0.05, 0) is 12.1 Å². The van der Waals surface area contributed by atoms with Crippen LogP contribution in [0.2, 0.25) is 0 Å². The Morgan fingerprint density at radius 2 is 1.88 bits per heavy atom. The first kappa shape index (κ1) is 16.7. The third-order valence-corrected chi connectivity index (χ3v) is 4.19. The van der Waals surface area contributed by atoms with E-state index in [2.05, 4.69) is 0 Å². The molecule has 9 heteroatoms. The Balaban J connectivity index is 2.12. The van der Waals surface area contributed by atoms with Crippen LogP contribution in [-0.2, 0) is 9.53 Å². The first-order valence-corrected chi connectivity index (χ1v) is 7.21. The Hall–Kier alpha value is -2.20. The van der Waals surface area contributed by atoms with Crippen molar-refractivity contribution in [2.24, 2.45) is 0 Å². The molecule has 2 aliphatic rings. The highest BCUT2D eigenvalue weighted by Crippen LogP contribution is 2.46. The zero-order chi connectivity index (χ0) is 17.6. The van der Waals surface area contributed by atoms with E-state index in [1.807, 2.05) is 0 Å². The standard InChI is InChI=1S/C15H17NO8/c1-22-7-4-3-6-9(13(7)23-2)16(14(21)10(6)18)15-12(20)11(19)8(5-17)24-15/h3-4,8,11-12,15,17,19-20H,5H2,1-2H3/t8-,11-,12-,15-/m1/s1. The van der Waals surface area contributed by atoms with Crippen LogP contribution in [-0.4, -0.2) is 72.4 Å². The molecule has 9 nitrogen and oxygen atoms in total. The number of Topliss-reactive ketones (excluding diaryl/α,β-unsaturated/α-hetero) is 1. The fraction of sp³-hybridized carbons (Fsp3) is 0.467. The number of ether oxygens (including phenoxy) is 3. The Kier molecular flexibility index (Phi) is 4.18. The van der Waals surface area contributed by atoms with Crippen molar-refractivity contribution in [1.29, 1.82) is 0 Å². The van der Waals surface area contributed by atoms with Gasteiger partial charge < -0.3 is 29.5 Å². The molecule has 0 bridgehead atoms. The molecule has 3 rings (SSSR count). The number of hydrogen-bond donors (Lipinski definition) is 3. The molecule has 0 unspecified atom stereocenters. The average molecular weight is 339 g/mol. The molecule has 1 fully saturated rings. The molecular formula is C15H17NO8. The lowest BCUT2D eigenvalue weighted by Gasteiger charge is -2.27. The number of fused-ring (bicyclic) bond motifs is 1. The molecule has 1 amide bonds. The Morgan fingerprint density at radius 1 is 1.17 bits per heavy atom. The number of ketones is 1. The predicted octanol–water partition coefficient (Wildman–Crippen LogP) is -1.33. The Morgan fingerprint density at radius 3 is 2.42 bits per heavy atom. The van der Waals surface area contributed by atoms with Gasteiger partial charge in [0.05, 0.1) is 26.4 Å². The van der Waals surface area contributed by atoms with E-state index in [1.54, 1.807) is 0 Å². The molecule has 0 spiro atoms. The van der Waals surface area contributed by atoms with Gasteiger partial charge in [-0.25, -0.2) is 0 Å². The van der Waals surface area contributed by atoms with Gasteiger partial charge in [-0.15, -0.1) is 0 Å². The van der Waals surface area contributed by atoms with Crippen molar-refractivity contribution < 1.29 is 39.1 Å². The largest absolute Gasteiger partial charge is 0.493 e. The van der Waals surface area contributed by atoms with Gasteiger partial charge in [-0.1, -0.05) is 0 Å². The highest BCUT2D eigenvalue weighted by atomic mass is 16.6. The second-order valence-electron chi connectivity index (χ2n) is 5.43. The van der Waals surface area contributed by atoms with E-state index in [-0.39, 0.29) is 22.7 Å². The minimum Gasteiger partial charge on any atom is -0.493 e. The van der Waals surface area contributed by atoms with Crippen molar-refractivity contribution in [3.63, 3.8) is 0 Å². The third-order valence-electron chi connectivity index (χ3n) is 4.19. The molecule has 130 valence electrons. The van der Waals surface area contributed by atoms with Gasteiger partial charge in [0.15, 0.2) is 17.7 Å². The zero-order valence-corrected chi connectivity index (χ0v) is 13.0. The molecule has 0 aromatic heterocycles. The maximum atomic E-state index is 12.4. The van der Waals surface area contributed by atoms with E-state index in [4.69, 9.17) is 14.2 Å². The van der Waals surface area contributed by atoms with E-state index >= 15 is 0 Å². The summed E-state index contributed by atoms with van der Waals surface area (Å²) < 4.78 is 15.8. The van der Waals surface area contributed by atoms with Crippen LogP contribution in [0.3, 0.4) is 0 Å². The number of amides is 1.